The Morgan fingerprint density at radius 3 is 0.960 bits per heavy atom. The molecule has 50 heavy (non-hydrogen) atoms. The Hall–Kier alpha value is -6.58. The summed E-state index contributed by atoms with van der Waals surface area (Å²) in [6, 6.07) is 16.5. The second kappa shape index (κ2) is 10.5. The molecule has 246 valence electrons. The molecular weight excluding hydrogens is 656 g/mol. The number of hydrogen-bond acceptors (Lipinski definition) is 14. The van der Waals surface area contributed by atoms with Crippen LogP contribution < -0.4 is 32.6 Å². The molecule has 14 nitrogen and oxygen atoms in total. The van der Waals surface area contributed by atoms with Crippen molar-refractivity contribution in [3.63, 3.8) is 0 Å². The number of rotatable bonds is 2. The van der Waals surface area contributed by atoms with E-state index in [1.165, 1.54) is 72.8 Å². The van der Waals surface area contributed by atoms with Gasteiger partial charge in [0.05, 0.1) is 0 Å². The van der Waals surface area contributed by atoms with E-state index in [0.717, 1.165) is 0 Å². The molecule has 0 radical (unpaired) electrons. The average Bonchev–Trinajstić information content (AvgIpc) is 3.61. The standard InChI is InChI=1S/C18H10O8.C18H6O6.H2/c19-13-9-3-1-7(5-11(9)15(21)17(13,23)24)8-2-4-10-12(6-8)16(22)18(25,26)14(10)20;19-13-9-3-1-7(5-11(9)15(21)17(13)23)8-2-4-10-12(6-8)16(22)18(24)14(10)20;/h1-6,23-26H;1-6H;1H/i;;1+1. The minimum atomic E-state index is -3.10. The molecule has 6 aromatic rings. The van der Waals surface area contributed by atoms with Crippen molar-refractivity contribution in [2.75, 3.05) is 0 Å². The lowest BCUT2D eigenvalue weighted by molar-refractivity contribution is -0.0857. The maximum atomic E-state index is 12.0. The van der Waals surface area contributed by atoms with Gasteiger partial charge in [0.15, 0.2) is 0 Å². The zero-order valence-corrected chi connectivity index (χ0v) is 24.8. The summed E-state index contributed by atoms with van der Waals surface area (Å²) in [7, 11) is 0. The van der Waals surface area contributed by atoms with Gasteiger partial charge < -0.3 is 20.4 Å². The predicted octanol–water partition coefficient (Wildman–Crippen LogP) is -0.708. The van der Waals surface area contributed by atoms with Crippen molar-refractivity contribution in [3.8, 4) is 22.3 Å². The normalized spacial score (nSPS) is 15.8. The molecule has 0 bridgehead atoms. The van der Waals surface area contributed by atoms with E-state index in [9.17, 15) is 68.4 Å². The van der Waals surface area contributed by atoms with Gasteiger partial charge in [-0.2, -0.15) is 0 Å². The Kier molecular flexibility index (Phi) is 6.69. The third-order valence-corrected chi connectivity index (χ3v) is 8.79. The van der Waals surface area contributed by atoms with Gasteiger partial charge in [-0.05, 0) is 70.8 Å². The Morgan fingerprint density at radius 1 is 0.320 bits per heavy atom. The van der Waals surface area contributed by atoms with Crippen molar-refractivity contribution in [2.45, 2.75) is 11.6 Å². The summed E-state index contributed by atoms with van der Waals surface area (Å²) < 4.78 is 0. The van der Waals surface area contributed by atoms with Crippen molar-refractivity contribution in [3.05, 3.63) is 156 Å². The first kappa shape index (κ1) is 32.0. The van der Waals surface area contributed by atoms with Crippen LogP contribution in [0.2, 0.25) is 0 Å². The smallest absolute Gasteiger partial charge is 0.295 e. The maximum Gasteiger partial charge on any atom is 0.295 e. The predicted molar refractivity (Wildman–Crippen MR) is 175 cm³/mol. The van der Waals surface area contributed by atoms with Crippen LogP contribution in [0.1, 0.15) is 42.9 Å². The summed E-state index contributed by atoms with van der Waals surface area (Å²) in [5.41, 5.74) is -4.45. The summed E-state index contributed by atoms with van der Waals surface area (Å²) in [6.45, 7) is 0. The molecule has 2 aliphatic carbocycles. The topological polar surface area (TPSA) is 252 Å². The van der Waals surface area contributed by atoms with Gasteiger partial charge in [-0.1, -0.05) is 24.3 Å². The van der Waals surface area contributed by atoms with Crippen LogP contribution in [0.5, 0.6) is 0 Å². The third-order valence-electron chi connectivity index (χ3n) is 8.79. The Bertz CT molecular complexity index is 2720. The molecule has 0 saturated carbocycles. The Balaban J connectivity index is 0.000000173. The van der Waals surface area contributed by atoms with Crippen LogP contribution >= 0.6 is 0 Å². The fraction of sp³-hybridized carbons (Fsp3) is 0.0556. The number of benzene rings is 4. The molecule has 0 amide bonds. The summed E-state index contributed by atoms with van der Waals surface area (Å²) in [6.07, 6.45) is 0. The number of aliphatic hydroxyl groups is 4. The number of ketones is 4. The highest BCUT2D eigenvalue weighted by Gasteiger charge is 2.52. The molecule has 14 heteroatoms. The van der Waals surface area contributed by atoms with Gasteiger partial charge in [0.2, 0.25) is 44.8 Å². The van der Waals surface area contributed by atoms with Crippen molar-refractivity contribution in [1.29, 1.82) is 0 Å². The lowest BCUT2D eigenvalue weighted by Crippen LogP contribution is -2.40. The SMILES string of the molecule is O=C1c2ccc(-c3ccc4c(c3)C(=O)C(O)(O)C4=O)cc2C(=O)C1(O)O.O=c1c(=O)c2ccc(-c3ccc4c(=O)c(=O)c(=O)c4c3)cc2c1=O.[2HH]. The number of Topliss-reactive ketones (excluding diaryl/α,β-unsaturated/α-hetero) is 4. The molecule has 8 rings (SSSR count). The lowest BCUT2D eigenvalue weighted by Gasteiger charge is -2.08. The van der Waals surface area contributed by atoms with Gasteiger partial charge in [-0.25, -0.2) is 0 Å². The first-order valence-corrected chi connectivity index (χ1v) is 14.4. The Labute approximate surface area is 275 Å². The number of fused-ring (bicyclic) bond motifs is 4. The number of hydrogen-bond donors (Lipinski definition) is 4. The molecule has 6 aromatic carbocycles. The molecule has 0 unspecified atom stereocenters. The zero-order valence-electron chi connectivity index (χ0n) is 24.8. The molecule has 0 aromatic heterocycles. The third kappa shape index (κ3) is 4.30. The summed E-state index contributed by atoms with van der Waals surface area (Å²) in [4.78, 5) is 117. The van der Waals surface area contributed by atoms with Crippen LogP contribution in [0.3, 0.4) is 0 Å². The summed E-state index contributed by atoms with van der Waals surface area (Å²) in [5, 5.41) is 38.5. The van der Waals surface area contributed by atoms with Crippen molar-refractivity contribution in [2.24, 2.45) is 0 Å². The van der Waals surface area contributed by atoms with E-state index in [-0.39, 0.29) is 45.2 Å². The van der Waals surface area contributed by atoms with E-state index in [4.69, 9.17) is 0 Å². The fourth-order valence-electron chi connectivity index (χ4n) is 6.09. The fourth-order valence-corrected chi connectivity index (χ4v) is 6.09. The quantitative estimate of drug-likeness (QED) is 0.101. The molecule has 0 saturated heterocycles. The van der Waals surface area contributed by atoms with E-state index in [1.807, 2.05) is 0 Å². The maximum absolute atomic E-state index is 12.0. The van der Waals surface area contributed by atoms with Crippen molar-refractivity contribution in [1.82, 2.24) is 0 Å². The molecule has 0 atom stereocenters. The van der Waals surface area contributed by atoms with Crippen molar-refractivity contribution < 1.29 is 41.0 Å². The van der Waals surface area contributed by atoms with Gasteiger partial charge in [0, 0.05) is 45.2 Å². The molecule has 0 aliphatic heterocycles. The van der Waals surface area contributed by atoms with Crippen LogP contribution in [0.15, 0.2) is 102 Å². The molecule has 0 heterocycles. The zero-order chi connectivity index (χ0) is 36.2. The molecular formula is C36H18O14. The number of carbonyl (C=O) groups is 4. The van der Waals surface area contributed by atoms with Crippen LogP contribution in [0.25, 0.3) is 43.8 Å². The van der Waals surface area contributed by atoms with Gasteiger partial charge in [0.1, 0.15) is 0 Å². The minimum absolute atomic E-state index is 0. The minimum Gasteiger partial charge on any atom is -0.353 e. The molecule has 2 aliphatic rings. The van der Waals surface area contributed by atoms with Crippen LogP contribution in [0, 0.1) is 0 Å². The lowest BCUT2D eigenvalue weighted by atomic mass is 9.97. The summed E-state index contributed by atoms with van der Waals surface area (Å²) >= 11 is 0. The first-order valence-electron chi connectivity index (χ1n) is 14.4. The van der Waals surface area contributed by atoms with E-state index in [1.54, 1.807) is 0 Å². The average molecular weight is 676 g/mol. The van der Waals surface area contributed by atoms with E-state index in [0.29, 0.717) is 22.3 Å². The van der Waals surface area contributed by atoms with Crippen molar-refractivity contribution >= 4 is 44.7 Å². The highest BCUT2D eigenvalue weighted by Crippen LogP contribution is 2.35. The molecule has 0 spiro atoms. The summed E-state index contributed by atoms with van der Waals surface area (Å²) in [5.74, 6) is -10.8. The van der Waals surface area contributed by atoms with E-state index in [2.05, 4.69) is 0 Å². The van der Waals surface area contributed by atoms with Gasteiger partial charge >= 0.3 is 0 Å². The molecule has 4 N–H and O–H groups in total. The van der Waals surface area contributed by atoms with E-state index < -0.39 is 67.3 Å². The molecule has 0 fully saturated rings. The first-order chi connectivity index (χ1) is 23.5. The van der Waals surface area contributed by atoms with Crippen LogP contribution in [0.4, 0.5) is 0 Å². The number of carbonyl (C=O) groups excluding carboxylic acids is 4. The highest BCUT2D eigenvalue weighted by atomic mass is 16.5. The van der Waals surface area contributed by atoms with Crippen LogP contribution in [-0.2, 0) is 0 Å². The second-order valence-electron chi connectivity index (χ2n) is 11.7. The Morgan fingerprint density at radius 2 is 0.600 bits per heavy atom. The highest BCUT2D eigenvalue weighted by molar-refractivity contribution is 6.32. The monoisotopic (exact) mass is 675 g/mol. The van der Waals surface area contributed by atoms with Gasteiger partial charge in [-0.15, -0.1) is 0 Å². The van der Waals surface area contributed by atoms with Crippen LogP contribution in [-0.4, -0.2) is 55.1 Å². The van der Waals surface area contributed by atoms with Gasteiger partial charge in [0.25, 0.3) is 22.4 Å². The van der Waals surface area contributed by atoms with Gasteiger partial charge in [-0.3, -0.25) is 47.9 Å². The second-order valence-corrected chi connectivity index (χ2v) is 11.7. The van der Waals surface area contributed by atoms with E-state index >= 15 is 0 Å². The largest absolute Gasteiger partial charge is 0.353 e.